The molecule has 29 heavy (non-hydrogen) atoms. The zero-order valence-electron chi connectivity index (χ0n) is 18.0. The molecule has 0 aliphatic rings. The maximum atomic E-state index is 4.74. The SMILES string of the molecule is CCNC(=NCc1cnn(-c2ccccc2)c1)NC(C)Cc1c(C)nn(C)c1C. The van der Waals surface area contributed by atoms with Gasteiger partial charge in [-0.15, -0.1) is 0 Å². The van der Waals surface area contributed by atoms with Crippen molar-refractivity contribution in [1.82, 2.24) is 30.2 Å². The van der Waals surface area contributed by atoms with Crippen LogP contribution in [0.4, 0.5) is 0 Å². The summed E-state index contributed by atoms with van der Waals surface area (Å²) in [7, 11) is 1.99. The van der Waals surface area contributed by atoms with Crippen molar-refractivity contribution in [1.29, 1.82) is 0 Å². The van der Waals surface area contributed by atoms with E-state index in [1.54, 1.807) is 0 Å². The lowest BCUT2D eigenvalue weighted by Crippen LogP contribution is -2.43. The Morgan fingerprint density at radius 3 is 2.62 bits per heavy atom. The van der Waals surface area contributed by atoms with Crippen molar-refractivity contribution in [2.24, 2.45) is 12.0 Å². The summed E-state index contributed by atoms with van der Waals surface area (Å²) < 4.78 is 3.82. The first kappa shape index (κ1) is 20.6. The first-order chi connectivity index (χ1) is 14.0. The minimum Gasteiger partial charge on any atom is -0.357 e. The van der Waals surface area contributed by atoms with Crippen molar-refractivity contribution in [3.8, 4) is 5.69 Å². The Hall–Kier alpha value is -3.09. The smallest absolute Gasteiger partial charge is 0.191 e. The first-order valence-electron chi connectivity index (χ1n) is 10.1. The number of aliphatic imine (C=N–C) groups is 1. The highest BCUT2D eigenvalue weighted by molar-refractivity contribution is 5.80. The van der Waals surface area contributed by atoms with Crippen molar-refractivity contribution in [3.05, 3.63) is 65.2 Å². The lowest BCUT2D eigenvalue weighted by Gasteiger charge is -2.18. The molecule has 0 aliphatic heterocycles. The fourth-order valence-corrected chi connectivity index (χ4v) is 3.36. The van der Waals surface area contributed by atoms with Crippen LogP contribution in [0, 0.1) is 13.8 Å². The van der Waals surface area contributed by atoms with E-state index in [1.807, 2.05) is 59.1 Å². The van der Waals surface area contributed by atoms with Crippen LogP contribution < -0.4 is 10.6 Å². The van der Waals surface area contributed by atoms with Gasteiger partial charge < -0.3 is 10.6 Å². The predicted octanol–water partition coefficient (Wildman–Crippen LogP) is 2.91. The van der Waals surface area contributed by atoms with Gasteiger partial charge in [-0.1, -0.05) is 18.2 Å². The van der Waals surface area contributed by atoms with Crippen LogP contribution in [0.2, 0.25) is 0 Å². The van der Waals surface area contributed by atoms with Crippen molar-refractivity contribution in [2.75, 3.05) is 6.54 Å². The Morgan fingerprint density at radius 1 is 1.21 bits per heavy atom. The van der Waals surface area contributed by atoms with E-state index in [4.69, 9.17) is 4.99 Å². The zero-order valence-corrected chi connectivity index (χ0v) is 18.0. The minimum atomic E-state index is 0.237. The molecule has 2 N–H and O–H groups in total. The number of nitrogens with zero attached hydrogens (tertiary/aromatic N) is 5. The zero-order chi connectivity index (χ0) is 20.8. The molecule has 0 amide bonds. The Labute approximate surface area is 172 Å². The molecule has 154 valence electrons. The van der Waals surface area contributed by atoms with E-state index in [0.29, 0.717) is 6.54 Å². The van der Waals surface area contributed by atoms with Crippen molar-refractivity contribution < 1.29 is 0 Å². The standard InChI is InChI=1S/C22H31N7/c1-6-23-22(26-16(2)12-21-17(3)27-28(5)18(21)4)24-13-19-14-25-29(15-19)20-10-8-7-9-11-20/h7-11,14-16H,6,12-13H2,1-5H3,(H2,23,24,26). The second-order valence-corrected chi connectivity index (χ2v) is 7.35. The second-order valence-electron chi connectivity index (χ2n) is 7.35. The van der Waals surface area contributed by atoms with Gasteiger partial charge in [0, 0.05) is 37.1 Å². The predicted molar refractivity (Wildman–Crippen MR) is 117 cm³/mol. The molecular weight excluding hydrogens is 362 g/mol. The van der Waals surface area contributed by atoms with Gasteiger partial charge in [-0.25, -0.2) is 9.67 Å². The Morgan fingerprint density at radius 2 is 1.97 bits per heavy atom. The topological polar surface area (TPSA) is 72.1 Å². The van der Waals surface area contributed by atoms with Crippen LogP contribution >= 0.6 is 0 Å². The van der Waals surface area contributed by atoms with E-state index >= 15 is 0 Å². The number of benzene rings is 1. The summed E-state index contributed by atoms with van der Waals surface area (Å²) >= 11 is 0. The summed E-state index contributed by atoms with van der Waals surface area (Å²) in [5.74, 6) is 0.812. The highest BCUT2D eigenvalue weighted by Gasteiger charge is 2.14. The van der Waals surface area contributed by atoms with Crippen LogP contribution in [0.1, 0.15) is 36.4 Å². The van der Waals surface area contributed by atoms with Gasteiger partial charge in [0.1, 0.15) is 0 Å². The molecule has 0 aliphatic carbocycles. The molecule has 3 rings (SSSR count). The minimum absolute atomic E-state index is 0.237. The maximum absolute atomic E-state index is 4.74. The van der Waals surface area contributed by atoms with E-state index < -0.39 is 0 Å². The molecular formula is C22H31N7. The fourth-order valence-electron chi connectivity index (χ4n) is 3.36. The van der Waals surface area contributed by atoms with E-state index in [-0.39, 0.29) is 6.04 Å². The summed E-state index contributed by atoms with van der Waals surface area (Å²) in [5.41, 5.74) is 5.72. The summed E-state index contributed by atoms with van der Waals surface area (Å²) in [6.45, 7) is 9.81. The summed E-state index contributed by atoms with van der Waals surface area (Å²) in [4.78, 5) is 4.74. The van der Waals surface area contributed by atoms with Crippen molar-refractivity contribution in [3.63, 3.8) is 0 Å². The number of hydrogen-bond acceptors (Lipinski definition) is 3. The van der Waals surface area contributed by atoms with E-state index in [0.717, 1.165) is 35.9 Å². The third-order valence-corrected chi connectivity index (χ3v) is 4.97. The Kier molecular flexibility index (Phi) is 6.69. The van der Waals surface area contributed by atoms with Crippen molar-refractivity contribution >= 4 is 5.96 Å². The highest BCUT2D eigenvalue weighted by atomic mass is 15.3. The molecule has 0 saturated carbocycles. The van der Waals surface area contributed by atoms with Crippen LogP contribution in [0.3, 0.4) is 0 Å². The van der Waals surface area contributed by atoms with Gasteiger partial charge in [0.2, 0.25) is 0 Å². The number of hydrogen-bond donors (Lipinski definition) is 2. The highest BCUT2D eigenvalue weighted by Crippen LogP contribution is 2.14. The number of rotatable bonds is 7. The van der Waals surface area contributed by atoms with Crippen LogP contribution in [-0.4, -0.2) is 38.1 Å². The molecule has 1 atom stereocenters. The van der Waals surface area contributed by atoms with E-state index in [2.05, 4.69) is 48.5 Å². The van der Waals surface area contributed by atoms with E-state index in [1.165, 1.54) is 11.3 Å². The quantitative estimate of drug-likeness (QED) is 0.478. The monoisotopic (exact) mass is 393 g/mol. The number of nitrogens with one attached hydrogen (secondary N) is 2. The molecule has 0 bridgehead atoms. The molecule has 2 heterocycles. The molecule has 0 fully saturated rings. The molecule has 2 aromatic heterocycles. The van der Waals surface area contributed by atoms with Crippen LogP contribution in [0.25, 0.3) is 5.69 Å². The molecule has 7 nitrogen and oxygen atoms in total. The van der Waals surface area contributed by atoms with Crippen molar-refractivity contribution in [2.45, 2.75) is 46.7 Å². The molecule has 3 aromatic rings. The van der Waals surface area contributed by atoms with Gasteiger partial charge >= 0.3 is 0 Å². The Balaban J connectivity index is 1.64. The van der Waals surface area contributed by atoms with Gasteiger partial charge in [-0.3, -0.25) is 4.68 Å². The van der Waals surface area contributed by atoms with Crippen LogP contribution in [0.15, 0.2) is 47.7 Å². The van der Waals surface area contributed by atoms with Gasteiger partial charge in [-0.05, 0) is 51.8 Å². The average Bonchev–Trinajstić information content (AvgIpc) is 3.27. The van der Waals surface area contributed by atoms with Gasteiger partial charge in [0.15, 0.2) is 5.96 Å². The molecule has 1 aromatic carbocycles. The third kappa shape index (κ3) is 5.25. The van der Waals surface area contributed by atoms with Crippen LogP contribution in [0.5, 0.6) is 0 Å². The molecule has 0 spiro atoms. The largest absolute Gasteiger partial charge is 0.357 e. The fraction of sp³-hybridized carbons (Fsp3) is 0.409. The average molecular weight is 394 g/mol. The Bertz CT molecular complexity index is 953. The van der Waals surface area contributed by atoms with E-state index in [9.17, 15) is 0 Å². The lowest BCUT2D eigenvalue weighted by atomic mass is 10.1. The number of para-hydroxylation sites is 1. The molecule has 0 saturated heterocycles. The second kappa shape index (κ2) is 9.41. The molecule has 1 unspecified atom stereocenters. The summed E-state index contributed by atoms with van der Waals surface area (Å²) in [6.07, 6.45) is 4.79. The maximum Gasteiger partial charge on any atom is 0.191 e. The lowest BCUT2D eigenvalue weighted by molar-refractivity contribution is 0.636. The summed E-state index contributed by atoms with van der Waals surface area (Å²) in [5, 5.41) is 15.8. The summed E-state index contributed by atoms with van der Waals surface area (Å²) in [6, 6.07) is 10.3. The van der Waals surface area contributed by atoms with Gasteiger partial charge in [0.25, 0.3) is 0 Å². The normalized spacial score (nSPS) is 12.8. The third-order valence-electron chi connectivity index (χ3n) is 4.97. The number of aryl methyl sites for hydroxylation is 2. The number of aromatic nitrogens is 4. The first-order valence-corrected chi connectivity index (χ1v) is 10.1. The molecule has 0 radical (unpaired) electrons. The number of guanidine groups is 1. The van der Waals surface area contributed by atoms with Gasteiger partial charge in [-0.2, -0.15) is 10.2 Å². The van der Waals surface area contributed by atoms with Crippen LogP contribution in [-0.2, 0) is 20.0 Å². The van der Waals surface area contributed by atoms with Gasteiger partial charge in [0.05, 0.1) is 24.1 Å². The molecule has 7 heteroatoms.